The van der Waals surface area contributed by atoms with E-state index in [2.05, 4.69) is 4.90 Å². The molecule has 2 aromatic rings. The Labute approximate surface area is 196 Å². The topological polar surface area (TPSA) is 97.3 Å². The fourth-order valence-electron chi connectivity index (χ4n) is 4.45. The first-order chi connectivity index (χ1) is 16.0. The third kappa shape index (κ3) is 4.47. The van der Waals surface area contributed by atoms with Crippen molar-refractivity contribution in [2.45, 2.75) is 36.3 Å². The number of benzene rings is 1. The van der Waals surface area contributed by atoms with E-state index >= 15 is 0 Å². The highest BCUT2D eigenvalue weighted by atomic mass is 32.2. The molecular weight excluding hydrogens is 444 g/mol. The van der Waals surface area contributed by atoms with Gasteiger partial charge in [0.05, 0.1) is 25.8 Å². The van der Waals surface area contributed by atoms with Crippen LogP contribution in [-0.2, 0) is 27.1 Å². The molecule has 0 radical (unpaired) electrons. The summed E-state index contributed by atoms with van der Waals surface area (Å²) in [6.07, 6.45) is 2.41. The summed E-state index contributed by atoms with van der Waals surface area (Å²) in [6, 6.07) is 7.28. The lowest BCUT2D eigenvalue weighted by Crippen LogP contribution is -2.54. The minimum absolute atomic E-state index is 0.218. The molecule has 1 N–H and O–H groups in total. The number of anilines is 2. The number of ether oxygens (including phenoxy) is 3. The molecule has 176 valence electrons. The van der Waals surface area contributed by atoms with E-state index in [-0.39, 0.29) is 12.1 Å². The average Bonchev–Trinajstić information content (AvgIpc) is 3.21. The van der Waals surface area contributed by atoms with Gasteiger partial charge in [0.2, 0.25) is 5.95 Å². The highest BCUT2D eigenvalue weighted by Gasteiger charge is 2.42. The van der Waals surface area contributed by atoms with Gasteiger partial charge in [-0.25, -0.2) is 9.78 Å². The summed E-state index contributed by atoms with van der Waals surface area (Å²) >= 11 is -0.825. The third-order valence-electron chi connectivity index (χ3n) is 6.46. The Morgan fingerprint density at radius 2 is 2.06 bits per heavy atom. The number of esters is 1. The number of carbonyl (C=O) groups excluding carboxylic acids is 1. The minimum atomic E-state index is -0.825. The zero-order chi connectivity index (χ0) is 22.9. The first kappa shape index (κ1) is 22.2. The molecule has 0 saturated carbocycles. The molecule has 2 fully saturated rings. The van der Waals surface area contributed by atoms with Crippen LogP contribution in [0, 0.1) is 0 Å². The molecule has 1 aromatic carbocycles. The van der Waals surface area contributed by atoms with E-state index in [1.807, 2.05) is 11.9 Å². The van der Waals surface area contributed by atoms with Crippen LogP contribution < -0.4 is 14.5 Å². The number of hydrogen-bond acceptors (Lipinski definition) is 9. The van der Waals surface area contributed by atoms with Crippen LogP contribution in [0.1, 0.15) is 28.9 Å². The molecule has 1 aromatic heterocycles. The van der Waals surface area contributed by atoms with Crippen LogP contribution in [0.5, 0.6) is 5.75 Å². The summed E-state index contributed by atoms with van der Waals surface area (Å²) in [5.74, 6) is 2.41. The maximum absolute atomic E-state index is 12.5. The van der Waals surface area contributed by atoms with Crippen LogP contribution in [-0.4, -0.2) is 78.8 Å². The van der Waals surface area contributed by atoms with Gasteiger partial charge in [-0.05, 0) is 31.0 Å². The molecule has 4 heterocycles. The summed E-state index contributed by atoms with van der Waals surface area (Å²) in [4.78, 5) is 27.2. The molecule has 2 saturated heterocycles. The zero-order valence-electron chi connectivity index (χ0n) is 18.9. The van der Waals surface area contributed by atoms with Gasteiger partial charge in [-0.1, -0.05) is 6.07 Å². The van der Waals surface area contributed by atoms with Crippen LogP contribution in [0.4, 0.5) is 11.8 Å². The Morgan fingerprint density at radius 1 is 1.27 bits per heavy atom. The second kappa shape index (κ2) is 9.36. The molecule has 0 aliphatic carbocycles. The van der Waals surface area contributed by atoms with Crippen molar-refractivity contribution in [3.8, 4) is 5.75 Å². The van der Waals surface area contributed by atoms with E-state index < -0.39 is 11.2 Å². The first-order valence-electron chi connectivity index (χ1n) is 11.2. The minimum Gasteiger partial charge on any atom is -0.497 e. The third-order valence-corrected chi connectivity index (χ3v) is 7.94. The molecule has 0 spiro atoms. The summed E-state index contributed by atoms with van der Waals surface area (Å²) in [5, 5.41) is 0. The normalized spacial score (nSPS) is 20.8. The van der Waals surface area contributed by atoms with Crippen LogP contribution in [0.2, 0.25) is 0 Å². The number of carbonyl (C=O) groups is 1. The second-order valence-electron chi connectivity index (χ2n) is 8.56. The van der Waals surface area contributed by atoms with Crippen LogP contribution in [0.3, 0.4) is 0 Å². The van der Waals surface area contributed by atoms with E-state index in [9.17, 15) is 9.35 Å². The van der Waals surface area contributed by atoms with Crippen molar-refractivity contribution in [3.05, 3.63) is 35.5 Å². The number of fused-ring (bicyclic) bond motifs is 1. The number of aryl methyl sites for hydroxylation is 1. The van der Waals surface area contributed by atoms with Crippen molar-refractivity contribution in [1.82, 2.24) is 9.97 Å². The fraction of sp³-hybridized carbons (Fsp3) is 0.522. The predicted octanol–water partition coefficient (Wildman–Crippen LogP) is 2.15. The van der Waals surface area contributed by atoms with Gasteiger partial charge in [-0.15, -0.1) is 0 Å². The molecule has 9 nitrogen and oxygen atoms in total. The van der Waals surface area contributed by atoms with Gasteiger partial charge in [-0.3, -0.25) is 0 Å². The van der Waals surface area contributed by atoms with Crippen molar-refractivity contribution in [2.24, 2.45) is 0 Å². The van der Waals surface area contributed by atoms with Gasteiger partial charge in [-0.2, -0.15) is 9.54 Å². The van der Waals surface area contributed by atoms with Crippen molar-refractivity contribution < 1.29 is 23.6 Å². The molecule has 1 atom stereocenters. The maximum Gasteiger partial charge on any atom is 0.338 e. The zero-order valence-corrected chi connectivity index (χ0v) is 19.7. The van der Waals surface area contributed by atoms with E-state index in [1.165, 1.54) is 0 Å². The number of hydrogen-bond donors (Lipinski definition) is 1. The van der Waals surface area contributed by atoms with Crippen LogP contribution in [0.15, 0.2) is 29.2 Å². The number of rotatable bonds is 6. The van der Waals surface area contributed by atoms with Crippen LogP contribution in [0.25, 0.3) is 0 Å². The molecular formula is C23H29N4O5S+. The highest BCUT2D eigenvalue weighted by Crippen LogP contribution is 2.36. The van der Waals surface area contributed by atoms with Gasteiger partial charge < -0.3 is 24.0 Å². The Kier molecular flexibility index (Phi) is 6.31. The van der Waals surface area contributed by atoms with Gasteiger partial charge in [0.15, 0.2) is 22.7 Å². The Balaban J connectivity index is 1.29. The quantitative estimate of drug-likeness (QED) is 0.500. The summed E-state index contributed by atoms with van der Waals surface area (Å²) in [6.45, 7) is 2.57. The van der Waals surface area contributed by atoms with E-state index in [0.29, 0.717) is 42.1 Å². The molecule has 5 rings (SSSR count). The monoisotopic (exact) mass is 473 g/mol. The molecule has 0 amide bonds. The van der Waals surface area contributed by atoms with Gasteiger partial charge in [0.25, 0.3) is 4.90 Å². The highest BCUT2D eigenvalue weighted by molar-refractivity contribution is 7.92. The lowest BCUT2D eigenvalue weighted by atomic mass is 10.1. The summed E-state index contributed by atoms with van der Waals surface area (Å²) in [7, 11) is 3.62. The number of methoxy groups -OCH3 is 1. The van der Waals surface area contributed by atoms with Crippen molar-refractivity contribution in [1.29, 1.82) is 0 Å². The van der Waals surface area contributed by atoms with Gasteiger partial charge in [0, 0.05) is 32.7 Å². The largest absolute Gasteiger partial charge is 0.497 e. The number of nitrogens with zero attached hydrogens (tertiary/aromatic N) is 4. The lowest BCUT2D eigenvalue weighted by Gasteiger charge is -2.39. The van der Waals surface area contributed by atoms with E-state index in [1.54, 1.807) is 31.4 Å². The first-order valence-corrected chi connectivity index (χ1v) is 12.6. The Bertz CT molecular complexity index is 1030. The van der Waals surface area contributed by atoms with Crippen LogP contribution >= 0.6 is 0 Å². The molecule has 3 aliphatic rings. The lowest BCUT2D eigenvalue weighted by molar-refractivity contribution is 0.0231. The predicted molar refractivity (Wildman–Crippen MR) is 126 cm³/mol. The number of aromatic nitrogens is 2. The molecule has 0 bridgehead atoms. The second-order valence-corrected chi connectivity index (χ2v) is 10.1. The Hall–Kier alpha value is -2.56. The van der Waals surface area contributed by atoms with Crippen molar-refractivity contribution in [3.63, 3.8) is 0 Å². The standard InChI is InChI=1S/C23H29N4O5S/c1-26(16-6-9-31-10-7-16)21-20-19(8-11-33(20)29)24-23(25-21)27-13-18(14-27)32-22(28)15-4-3-5-17(12-15)30-2/h3-5,12,16,18,29H,6-11,13-14H2,1-2H3/q+1. The average molecular weight is 474 g/mol. The maximum atomic E-state index is 12.5. The summed E-state index contributed by atoms with van der Waals surface area (Å²) in [5.41, 5.74) is 1.40. The van der Waals surface area contributed by atoms with Crippen molar-refractivity contribution >= 4 is 28.9 Å². The Morgan fingerprint density at radius 3 is 2.82 bits per heavy atom. The smallest absolute Gasteiger partial charge is 0.338 e. The fourth-order valence-corrected chi connectivity index (χ4v) is 5.86. The van der Waals surface area contributed by atoms with E-state index in [4.69, 9.17) is 24.2 Å². The molecule has 10 heteroatoms. The molecule has 1 unspecified atom stereocenters. The SMILES string of the molecule is COc1cccc(C(=O)OC2CN(c3nc4c(c(N(C)C5CCOCC5)n3)[S+](O)CC4)C2)c1. The van der Waals surface area contributed by atoms with E-state index in [0.717, 1.165) is 48.9 Å². The summed E-state index contributed by atoms with van der Waals surface area (Å²) < 4.78 is 27.0. The molecule has 3 aliphatic heterocycles. The van der Waals surface area contributed by atoms with Gasteiger partial charge in [0.1, 0.15) is 17.5 Å². The molecule has 33 heavy (non-hydrogen) atoms. The van der Waals surface area contributed by atoms with Crippen molar-refractivity contribution in [2.75, 3.05) is 56.0 Å². The van der Waals surface area contributed by atoms with Gasteiger partial charge >= 0.3 is 5.97 Å².